The van der Waals surface area contributed by atoms with Gasteiger partial charge in [0.1, 0.15) is 5.82 Å². The Bertz CT molecular complexity index is 683. The minimum atomic E-state index is -0.520. The number of pyridine rings is 1. The van der Waals surface area contributed by atoms with E-state index in [2.05, 4.69) is 20.9 Å². The topological polar surface area (TPSA) is 50.3 Å². The largest absolute Gasteiger partial charge is 0.268 e. The third-order valence-corrected chi connectivity index (χ3v) is 3.51. The molecule has 0 spiro atoms. The van der Waals surface area contributed by atoms with Crippen LogP contribution in [-0.2, 0) is 0 Å². The van der Waals surface area contributed by atoms with Crippen molar-refractivity contribution in [1.82, 2.24) is 4.98 Å². The van der Waals surface area contributed by atoms with E-state index in [9.17, 15) is 14.0 Å². The van der Waals surface area contributed by atoms with Crippen LogP contribution in [0.25, 0.3) is 0 Å². The normalized spacial score (nSPS) is 13.9. The highest BCUT2D eigenvalue weighted by atomic mass is 79.9. The molecule has 0 radical (unpaired) electrons. The number of rotatable bonds is 1. The molecule has 2 amide bonds. The van der Waals surface area contributed by atoms with Crippen LogP contribution in [0.15, 0.2) is 41.1 Å². The molecular weight excluding hydrogens is 315 g/mol. The van der Waals surface area contributed by atoms with Crippen LogP contribution < -0.4 is 4.90 Å². The lowest BCUT2D eigenvalue weighted by molar-refractivity contribution is 0.0926. The van der Waals surface area contributed by atoms with Crippen molar-refractivity contribution >= 4 is 33.4 Å². The molecule has 0 bridgehead atoms. The van der Waals surface area contributed by atoms with E-state index in [0.29, 0.717) is 4.47 Å². The zero-order valence-corrected chi connectivity index (χ0v) is 11.0. The predicted octanol–water partition coefficient (Wildman–Crippen LogP) is 2.78. The summed E-state index contributed by atoms with van der Waals surface area (Å²) in [5.41, 5.74) is 0.686. The van der Waals surface area contributed by atoms with Crippen molar-refractivity contribution in [2.24, 2.45) is 0 Å². The summed E-state index contributed by atoms with van der Waals surface area (Å²) in [6, 6.07) is 5.31. The third kappa shape index (κ3) is 1.76. The number of fused-ring (bicyclic) bond motifs is 1. The van der Waals surface area contributed by atoms with Crippen LogP contribution in [0, 0.1) is 5.82 Å². The number of halogens is 2. The summed E-state index contributed by atoms with van der Waals surface area (Å²) >= 11 is 3.21. The van der Waals surface area contributed by atoms with E-state index in [1.54, 1.807) is 0 Å². The van der Waals surface area contributed by atoms with Crippen LogP contribution in [0.3, 0.4) is 0 Å². The summed E-state index contributed by atoms with van der Waals surface area (Å²) < 4.78 is 13.8. The molecule has 19 heavy (non-hydrogen) atoms. The van der Waals surface area contributed by atoms with E-state index in [4.69, 9.17) is 0 Å². The number of nitrogens with zero attached hydrogens (tertiary/aromatic N) is 2. The molecule has 3 rings (SSSR count). The van der Waals surface area contributed by atoms with Gasteiger partial charge in [0.05, 0.1) is 16.8 Å². The lowest BCUT2D eigenvalue weighted by atomic mass is 10.2. The van der Waals surface area contributed by atoms with Gasteiger partial charge in [-0.05, 0) is 40.2 Å². The number of benzene rings is 1. The van der Waals surface area contributed by atoms with Gasteiger partial charge >= 0.3 is 0 Å². The van der Waals surface area contributed by atoms with Crippen molar-refractivity contribution < 1.29 is 14.0 Å². The fourth-order valence-corrected chi connectivity index (χ4v) is 2.38. The van der Waals surface area contributed by atoms with Crippen LogP contribution in [0.4, 0.5) is 10.1 Å². The van der Waals surface area contributed by atoms with Crippen molar-refractivity contribution in [3.05, 3.63) is 58.1 Å². The highest BCUT2D eigenvalue weighted by Gasteiger charge is 2.37. The van der Waals surface area contributed by atoms with Crippen molar-refractivity contribution in [1.29, 1.82) is 0 Å². The average Bonchev–Trinajstić information content (AvgIpc) is 2.66. The summed E-state index contributed by atoms with van der Waals surface area (Å²) in [7, 11) is 0. The zero-order valence-electron chi connectivity index (χ0n) is 9.43. The molecule has 1 aromatic heterocycles. The van der Waals surface area contributed by atoms with E-state index in [1.165, 1.54) is 30.6 Å². The molecule has 0 unspecified atom stereocenters. The van der Waals surface area contributed by atoms with Gasteiger partial charge in [0.15, 0.2) is 0 Å². The number of carbonyl (C=O) groups excluding carboxylic acids is 2. The van der Waals surface area contributed by atoms with Crippen molar-refractivity contribution in [2.75, 3.05) is 4.90 Å². The van der Waals surface area contributed by atoms with Gasteiger partial charge in [-0.1, -0.05) is 0 Å². The van der Waals surface area contributed by atoms with Gasteiger partial charge in [0.25, 0.3) is 11.8 Å². The van der Waals surface area contributed by atoms with Gasteiger partial charge in [-0.2, -0.15) is 0 Å². The Morgan fingerprint density at radius 3 is 2.58 bits per heavy atom. The molecule has 1 aliphatic rings. The van der Waals surface area contributed by atoms with E-state index in [0.717, 1.165) is 11.0 Å². The molecule has 0 N–H and O–H groups in total. The number of anilines is 1. The van der Waals surface area contributed by atoms with E-state index in [-0.39, 0.29) is 16.8 Å². The monoisotopic (exact) mass is 320 g/mol. The predicted molar refractivity (Wildman–Crippen MR) is 69.5 cm³/mol. The first-order chi connectivity index (χ1) is 9.09. The smallest absolute Gasteiger partial charge is 0.267 e. The molecular formula is C13H6BrFN2O2. The van der Waals surface area contributed by atoms with Crippen LogP contribution >= 0.6 is 15.9 Å². The average molecular weight is 321 g/mol. The molecule has 1 aliphatic heterocycles. The Morgan fingerprint density at radius 1 is 1.11 bits per heavy atom. The van der Waals surface area contributed by atoms with Gasteiger partial charge in [-0.3, -0.25) is 14.6 Å². The highest BCUT2D eigenvalue weighted by molar-refractivity contribution is 9.10. The molecule has 2 aromatic rings. The second-order valence-corrected chi connectivity index (χ2v) is 4.82. The Labute approximate surface area is 116 Å². The van der Waals surface area contributed by atoms with Gasteiger partial charge in [0, 0.05) is 16.9 Å². The van der Waals surface area contributed by atoms with E-state index in [1.807, 2.05) is 0 Å². The molecule has 0 saturated carbocycles. The van der Waals surface area contributed by atoms with Gasteiger partial charge in [-0.15, -0.1) is 0 Å². The maximum absolute atomic E-state index is 13.3. The first-order valence-corrected chi connectivity index (χ1v) is 6.17. The van der Waals surface area contributed by atoms with Crippen LogP contribution in [0.2, 0.25) is 0 Å². The Kier molecular flexibility index (Phi) is 2.67. The van der Waals surface area contributed by atoms with Crippen molar-refractivity contribution in [2.45, 2.75) is 0 Å². The molecule has 0 aliphatic carbocycles. The van der Waals surface area contributed by atoms with E-state index < -0.39 is 17.6 Å². The molecule has 0 atom stereocenters. The summed E-state index contributed by atoms with van der Waals surface area (Å²) in [5, 5.41) is 0. The van der Waals surface area contributed by atoms with E-state index >= 15 is 0 Å². The SMILES string of the molecule is O=C1c2ccncc2C(=O)N1c1cc(F)ccc1Br. The number of hydrogen-bond acceptors (Lipinski definition) is 3. The second-order valence-electron chi connectivity index (χ2n) is 3.96. The highest BCUT2D eigenvalue weighted by Crippen LogP contribution is 2.33. The molecule has 0 saturated heterocycles. The Hall–Kier alpha value is -2.08. The molecule has 2 heterocycles. The van der Waals surface area contributed by atoms with Crippen LogP contribution in [-0.4, -0.2) is 16.8 Å². The molecule has 1 aromatic carbocycles. The van der Waals surface area contributed by atoms with Gasteiger partial charge < -0.3 is 0 Å². The number of carbonyl (C=O) groups is 2. The lowest BCUT2D eigenvalue weighted by Crippen LogP contribution is -2.29. The maximum atomic E-state index is 13.3. The molecule has 0 fully saturated rings. The second kappa shape index (κ2) is 4.24. The summed E-state index contributed by atoms with van der Waals surface area (Å²) in [6.07, 6.45) is 2.77. The minimum Gasteiger partial charge on any atom is -0.268 e. The fourth-order valence-electron chi connectivity index (χ4n) is 1.96. The summed E-state index contributed by atoms with van der Waals surface area (Å²) in [5.74, 6) is -1.50. The molecule has 6 heteroatoms. The molecule has 4 nitrogen and oxygen atoms in total. The molecule has 94 valence electrons. The number of hydrogen-bond donors (Lipinski definition) is 0. The first-order valence-electron chi connectivity index (χ1n) is 5.37. The summed E-state index contributed by atoms with van der Waals surface area (Å²) in [6.45, 7) is 0. The lowest BCUT2D eigenvalue weighted by Gasteiger charge is -2.15. The quantitative estimate of drug-likeness (QED) is 0.759. The fraction of sp³-hybridized carbons (Fsp3) is 0. The van der Waals surface area contributed by atoms with Crippen molar-refractivity contribution in [3.63, 3.8) is 0 Å². The minimum absolute atomic E-state index is 0.186. The Morgan fingerprint density at radius 2 is 1.84 bits per heavy atom. The Balaban J connectivity index is 2.17. The first kappa shape index (κ1) is 12.0. The number of aromatic nitrogens is 1. The number of amides is 2. The van der Waals surface area contributed by atoms with Crippen LogP contribution in [0.5, 0.6) is 0 Å². The van der Waals surface area contributed by atoms with Crippen LogP contribution in [0.1, 0.15) is 20.7 Å². The standard InChI is InChI=1S/C13H6BrFN2O2/c14-10-2-1-7(15)5-11(10)17-12(18)8-3-4-16-6-9(8)13(17)19/h1-6H. The third-order valence-electron chi connectivity index (χ3n) is 2.84. The number of imide groups is 1. The van der Waals surface area contributed by atoms with Crippen molar-refractivity contribution in [3.8, 4) is 0 Å². The summed E-state index contributed by atoms with van der Waals surface area (Å²) in [4.78, 5) is 29.2. The van der Waals surface area contributed by atoms with Gasteiger partial charge in [-0.25, -0.2) is 9.29 Å². The van der Waals surface area contributed by atoms with Gasteiger partial charge in [0.2, 0.25) is 0 Å². The zero-order chi connectivity index (χ0) is 13.6. The maximum Gasteiger partial charge on any atom is 0.267 e.